The van der Waals surface area contributed by atoms with Gasteiger partial charge in [0.15, 0.2) is 0 Å². The normalized spacial score (nSPS) is 20.5. The SMILES string of the molecule is N[C@@H](c1cccc(F)c1Br)[C@H](O)C1CCCC1. The Morgan fingerprint density at radius 2 is 2.00 bits per heavy atom. The molecule has 4 heteroatoms. The third kappa shape index (κ3) is 2.69. The Labute approximate surface area is 109 Å². The molecule has 0 aliphatic heterocycles. The maximum absolute atomic E-state index is 13.4. The number of halogens is 2. The summed E-state index contributed by atoms with van der Waals surface area (Å²) >= 11 is 3.19. The molecule has 2 nitrogen and oxygen atoms in total. The fourth-order valence-electron chi connectivity index (χ4n) is 2.55. The van der Waals surface area contributed by atoms with E-state index in [1.165, 1.54) is 6.07 Å². The molecular weight excluding hydrogens is 285 g/mol. The highest BCUT2D eigenvalue weighted by Gasteiger charge is 2.29. The van der Waals surface area contributed by atoms with Crippen molar-refractivity contribution in [3.8, 4) is 0 Å². The van der Waals surface area contributed by atoms with Crippen LogP contribution >= 0.6 is 15.9 Å². The Morgan fingerprint density at radius 3 is 2.65 bits per heavy atom. The summed E-state index contributed by atoms with van der Waals surface area (Å²) < 4.78 is 13.8. The summed E-state index contributed by atoms with van der Waals surface area (Å²) in [6.07, 6.45) is 3.75. The van der Waals surface area contributed by atoms with E-state index in [0.29, 0.717) is 10.0 Å². The molecule has 1 fully saturated rings. The van der Waals surface area contributed by atoms with Crippen LogP contribution in [0.15, 0.2) is 22.7 Å². The number of nitrogens with two attached hydrogens (primary N) is 1. The minimum absolute atomic E-state index is 0.250. The van der Waals surface area contributed by atoms with E-state index in [9.17, 15) is 9.50 Å². The van der Waals surface area contributed by atoms with Crippen LogP contribution in [0, 0.1) is 11.7 Å². The van der Waals surface area contributed by atoms with Gasteiger partial charge in [-0.3, -0.25) is 0 Å². The van der Waals surface area contributed by atoms with E-state index >= 15 is 0 Å². The lowest BCUT2D eigenvalue weighted by molar-refractivity contribution is 0.0842. The molecule has 1 saturated carbocycles. The molecule has 1 aliphatic rings. The zero-order chi connectivity index (χ0) is 12.4. The van der Waals surface area contributed by atoms with Crippen molar-refractivity contribution in [1.29, 1.82) is 0 Å². The summed E-state index contributed by atoms with van der Waals surface area (Å²) in [6.45, 7) is 0. The van der Waals surface area contributed by atoms with E-state index in [1.54, 1.807) is 12.1 Å². The molecule has 2 rings (SSSR count). The zero-order valence-corrected chi connectivity index (χ0v) is 11.2. The van der Waals surface area contributed by atoms with E-state index in [4.69, 9.17) is 5.73 Å². The number of benzene rings is 1. The fourth-order valence-corrected chi connectivity index (χ4v) is 3.08. The van der Waals surface area contributed by atoms with Gasteiger partial charge in [-0.1, -0.05) is 25.0 Å². The third-order valence-electron chi connectivity index (χ3n) is 3.59. The van der Waals surface area contributed by atoms with E-state index in [2.05, 4.69) is 15.9 Å². The minimum atomic E-state index is -0.587. The van der Waals surface area contributed by atoms with Crippen LogP contribution in [0.5, 0.6) is 0 Å². The Morgan fingerprint density at radius 1 is 1.35 bits per heavy atom. The molecule has 0 spiro atoms. The van der Waals surface area contributed by atoms with Gasteiger partial charge in [0, 0.05) is 0 Å². The second kappa shape index (κ2) is 5.46. The second-order valence-corrected chi connectivity index (χ2v) is 5.50. The van der Waals surface area contributed by atoms with Crippen LogP contribution in [0.3, 0.4) is 0 Å². The Bertz CT molecular complexity index is 393. The van der Waals surface area contributed by atoms with Gasteiger partial charge in [-0.2, -0.15) is 0 Å². The first-order valence-electron chi connectivity index (χ1n) is 5.99. The highest BCUT2D eigenvalue weighted by atomic mass is 79.9. The Hall–Kier alpha value is -0.450. The summed E-state index contributed by atoms with van der Waals surface area (Å²) in [4.78, 5) is 0. The largest absolute Gasteiger partial charge is 0.391 e. The third-order valence-corrected chi connectivity index (χ3v) is 4.43. The molecule has 1 aromatic carbocycles. The van der Waals surface area contributed by atoms with Crippen molar-refractivity contribution in [1.82, 2.24) is 0 Å². The van der Waals surface area contributed by atoms with E-state index in [1.807, 2.05) is 0 Å². The van der Waals surface area contributed by atoms with Gasteiger partial charge in [-0.25, -0.2) is 4.39 Å². The Kier molecular flexibility index (Phi) is 4.17. The summed E-state index contributed by atoms with van der Waals surface area (Å²) in [7, 11) is 0. The summed E-state index contributed by atoms with van der Waals surface area (Å²) in [5.74, 6) is -0.0864. The van der Waals surface area contributed by atoms with Crippen LogP contribution in [-0.4, -0.2) is 11.2 Å². The molecular formula is C13H17BrFNO. The second-order valence-electron chi connectivity index (χ2n) is 4.70. The maximum atomic E-state index is 13.4. The van der Waals surface area contributed by atoms with Gasteiger partial charge >= 0.3 is 0 Å². The van der Waals surface area contributed by atoms with Crippen LogP contribution in [0.2, 0.25) is 0 Å². The fraction of sp³-hybridized carbons (Fsp3) is 0.538. The predicted molar refractivity (Wildman–Crippen MR) is 69.0 cm³/mol. The highest BCUT2D eigenvalue weighted by Crippen LogP contribution is 2.35. The maximum Gasteiger partial charge on any atom is 0.137 e. The van der Waals surface area contributed by atoms with Gasteiger partial charge in [0.05, 0.1) is 16.6 Å². The molecule has 0 bridgehead atoms. The summed E-state index contributed by atoms with van der Waals surface area (Å²) in [5.41, 5.74) is 6.68. The molecule has 94 valence electrons. The van der Waals surface area contributed by atoms with Crippen molar-refractivity contribution in [3.63, 3.8) is 0 Å². The van der Waals surface area contributed by atoms with Crippen LogP contribution in [0.4, 0.5) is 4.39 Å². The first kappa shape index (κ1) is 13.0. The summed E-state index contributed by atoms with van der Waals surface area (Å²) in [6, 6.07) is 4.23. The van der Waals surface area contributed by atoms with Crippen molar-refractivity contribution in [2.45, 2.75) is 37.8 Å². The van der Waals surface area contributed by atoms with Crippen molar-refractivity contribution < 1.29 is 9.50 Å². The molecule has 1 aliphatic carbocycles. The molecule has 2 atom stereocenters. The van der Waals surface area contributed by atoms with Crippen LogP contribution in [-0.2, 0) is 0 Å². The molecule has 0 aromatic heterocycles. The predicted octanol–water partition coefficient (Wildman–Crippen LogP) is 3.14. The molecule has 0 heterocycles. The van der Waals surface area contributed by atoms with E-state index in [0.717, 1.165) is 25.7 Å². The monoisotopic (exact) mass is 301 g/mol. The minimum Gasteiger partial charge on any atom is -0.391 e. The van der Waals surface area contributed by atoms with E-state index < -0.39 is 12.1 Å². The lowest BCUT2D eigenvalue weighted by Gasteiger charge is -2.25. The zero-order valence-electron chi connectivity index (χ0n) is 9.57. The van der Waals surface area contributed by atoms with Gasteiger partial charge in [-0.05, 0) is 46.3 Å². The highest BCUT2D eigenvalue weighted by molar-refractivity contribution is 9.10. The number of hydrogen-bond donors (Lipinski definition) is 2. The molecule has 0 amide bonds. The summed E-state index contributed by atoms with van der Waals surface area (Å²) in [5, 5.41) is 10.2. The number of aliphatic hydroxyl groups is 1. The molecule has 0 saturated heterocycles. The molecule has 0 unspecified atom stereocenters. The van der Waals surface area contributed by atoms with Crippen molar-refractivity contribution in [2.75, 3.05) is 0 Å². The first-order valence-corrected chi connectivity index (χ1v) is 6.78. The van der Waals surface area contributed by atoms with E-state index in [-0.39, 0.29) is 11.7 Å². The Balaban J connectivity index is 2.18. The van der Waals surface area contributed by atoms with Crippen LogP contribution < -0.4 is 5.73 Å². The average molecular weight is 302 g/mol. The molecule has 17 heavy (non-hydrogen) atoms. The van der Waals surface area contributed by atoms with Gasteiger partial charge in [0.25, 0.3) is 0 Å². The van der Waals surface area contributed by atoms with Crippen LogP contribution in [0.1, 0.15) is 37.3 Å². The van der Waals surface area contributed by atoms with Crippen LogP contribution in [0.25, 0.3) is 0 Å². The lowest BCUT2D eigenvalue weighted by Crippen LogP contribution is -2.32. The topological polar surface area (TPSA) is 46.2 Å². The number of rotatable bonds is 3. The standard InChI is InChI=1S/C13H17BrFNO/c14-11-9(6-3-7-10(11)15)12(16)13(17)8-4-1-2-5-8/h3,6-8,12-13,17H,1-2,4-5,16H2/t12-,13+/m0/s1. The quantitative estimate of drug-likeness (QED) is 0.901. The van der Waals surface area contributed by atoms with Gasteiger partial charge in [0.1, 0.15) is 5.82 Å². The van der Waals surface area contributed by atoms with Crippen molar-refractivity contribution >= 4 is 15.9 Å². The average Bonchev–Trinajstić information content (AvgIpc) is 2.84. The van der Waals surface area contributed by atoms with Crippen molar-refractivity contribution in [2.24, 2.45) is 11.7 Å². The van der Waals surface area contributed by atoms with Crippen molar-refractivity contribution in [3.05, 3.63) is 34.1 Å². The van der Waals surface area contributed by atoms with Gasteiger partial charge in [-0.15, -0.1) is 0 Å². The smallest absolute Gasteiger partial charge is 0.137 e. The lowest BCUT2D eigenvalue weighted by atomic mass is 9.91. The number of aliphatic hydroxyl groups excluding tert-OH is 1. The first-order chi connectivity index (χ1) is 8.11. The molecule has 3 N–H and O–H groups in total. The van der Waals surface area contributed by atoms with Gasteiger partial charge < -0.3 is 10.8 Å². The molecule has 0 radical (unpaired) electrons. The molecule has 1 aromatic rings. The van der Waals surface area contributed by atoms with Gasteiger partial charge in [0.2, 0.25) is 0 Å². The number of hydrogen-bond acceptors (Lipinski definition) is 2.